The molecule has 0 aromatic rings. The molecule has 4 unspecified atom stereocenters. The second kappa shape index (κ2) is 21.9. The van der Waals surface area contributed by atoms with Gasteiger partial charge in [0.2, 0.25) is 0 Å². The molecule has 0 heterocycles. The van der Waals surface area contributed by atoms with E-state index in [4.69, 9.17) is 29.0 Å². The molecular weight excluding hydrogens is 412 g/mol. The number of carbonyl (C=O) groups is 1. The lowest BCUT2D eigenvalue weighted by Crippen LogP contribution is -2.29. The van der Waals surface area contributed by atoms with Gasteiger partial charge < -0.3 is 9.47 Å². The predicted octanol–water partition coefficient (Wildman–Crippen LogP) is 7.03. The van der Waals surface area contributed by atoms with Gasteiger partial charge in [0.05, 0.1) is 25.4 Å². The van der Waals surface area contributed by atoms with Crippen LogP contribution >= 0.6 is 0 Å². The van der Waals surface area contributed by atoms with Crippen LogP contribution in [0.4, 0.5) is 4.79 Å². The first-order valence-corrected chi connectivity index (χ1v) is 12.9. The number of hydrogen-bond donors (Lipinski definition) is 0. The highest BCUT2D eigenvalue weighted by Gasteiger charge is 2.24. The summed E-state index contributed by atoms with van der Waals surface area (Å²) in [6.45, 7) is 14.1. The molecule has 0 aliphatic heterocycles. The van der Waals surface area contributed by atoms with Gasteiger partial charge in [0.25, 0.3) is 0 Å². The monoisotopic (exact) mass is 462 g/mol. The summed E-state index contributed by atoms with van der Waals surface area (Å²) in [6, 6.07) is 0. The van der Waals surface area contributed by atoms with E-state index < -0.39 is 6.16 Å². The minimum Gasteiger partial charge on any atom is -0.434 e. The number of unbranched alkanes of at least 4 members (excludes halogenated alkanes) is 4. The van der Waals surface area contributed by atoms with Crippen molar-refractivity contribution in [2.45, 2.75) is 118 Å². The van der Waals surface area contributed by atoms with Crippen LogP contribution in [-0.4, -0.2) is 44.8 Å². The highest BCUT2D eigenvalue weighted by atomic mass is 17.2. The van der Waals surface area contributed by atoms with Crippen LogP contribution in [-0.2, 0) is 29.0 Å². The lowest BCUT2D eigenvalue weighted by molar-refractivity contribution is -0.332. The van der Waals surface area contributed by atoms with Crippen LogP contribution in [0.3, 0.4) is 0 Å². The van der Waals surface area contributed by atoms with Gasteiger partial charge in [0.15, 0.2) is 0 Å². The Bertz CT molecular complexity index is 383. The highest BCUT2D eigenvalue weighted by molar-refractivity contribution is 5.59. The zero-order chi connectivity index (χ0) is 24.0. The second-order valence-electron chi connectivity index (χ2n) is 8.63. The maximum absolute atomic E-state index is 12.3. The van der Waals surface area contributed by atoms with Crippen molar-refractivity contribution in [1.29, 1.82) is 0 Å². The zero-order valence-electron chi connectivity index (χ0n) is 21.6. The van der Waals surface area contributed by atoms with Crippen molar-refractivity contribution >= 4 is 6.16 Å². The molecule has 0 saturated carbocycles. The topological polar surface area (TPSA) is 72.5 Å². The first-order chi connectivity index (χ1) is 15.5. The Balaban J connectivity index is 4.49. The zero-order valence-corrected chi connectivity index (χ0v) is 21.6. The number of hydrogen-bond acceptors (Lipinski definition) is 7. The molecule has 0 aromatic heterocycles. The normalized spacial score (nSPS) is 15.2. The summed E-state index contributed by atoms with van der Waals surface area (Å²) in [5.41, 5.74) is 0. The SMILES string of the molecule is CCCCOOC(C)C(CCCC)COC(=O)OCC(CCCC)C(C)OOCCCC. The fourth-order valence-corrected chi connectivity index (χ4v) is 3.11. The standard InChI is InChI=1S/C25H50O7/c1-7-11-15-23(21(5)31-29-17-13-9-3)19-27-25(26)28-20-24(16-12-8-2)22(6)32-30-18-14-10-4/h21-24H,7-20H2,1-6H3. The third-order valence-corrected chi connectivity index (χ3v) is 5.62. The van der Waals surface area contributed by atoms with Crippen LogP contribution in [0.5, 0.6) is 0 Å². The van der Waals surface area contributed by atoms with Crippen molar-refractivity contribution in [3.05, 3.63) is 0 Å². The summed E-state index contributed by atoms with van der Waals surface area (Å²) in [7, 11) is 0. The second-order valence-corrected chi connectivity index (χ2v) is 8.63. The van der Waals surface area contributed by atoms with Crippen LogP contribution in [0.2, 0.25) is 0 Å². The van der Waals surface area contributed by atoms with Gasteiger partial charge in [-0.05, 0) is 39.5 Å². The fourth-order valence-electron chi connectivity index (χ4n) is 3.11. The molecule has 7 heteroatoms. The molecular formula is C25H50O7. The summed E-state index contributed by atoms with van der Waals surface area (Å²) in [4.78, 5) is 33.9. The van der Waals surface area contributed by atoms with Crippen LogP contribution in [0.1, 0.15) is 106 Å². The van der Waals surface area contributed by atoms with Gasteiger partial charge in [-0.3, -0.25) is 0 Å². The van der Waals surface area contributed by atoms with Crippen molar-refractivity contribution in [2.24, 2.45) is 11.8 Å². The molecule has 0 saturated heterocycles. The van der Waals surface area contributed by atoms with E-state index in [2.05, 4.69) is 27.7 Å². The number of carbonyl (C=O) groups excluding carboxylic acids is 1. The minimum atomic E-state index is -0.647. The van der Waals surface area contributed by atoms with Crippen LogP contribution in [0.15, 0.2) is 0 Å². The average Bonchev–Trinajstić information content (AvgIpc) is 2.79. The van der Waals surface area contributed by atoms with E-state index in [1.807, 2.05) is 13.8 Å². The predicted molar refractivity (Wildman–Crippen MR) is 126 cm³/mol. The fraction of sp³-hybridized carbons (Fsp3) is 0.960. The van der Waals surface area contributed by atoms with E-state index in [0.717, 1.165) is 64.2 Å². The molecule has 0 spiro atoms. The lowest BCUT2D eigenvalue weighted by Gasteiger charge is -2.24. The quantitative estimate of drug-likeness (QED) is 0.0740. The summed E-state index contributed by atoms with van der Waals surface area (Å²) >= 11 is 0. The van der Waals surface area contributed by atoms with Crippen LogP contribution in [0.25, 0.3) is 0 Å². The van der Waals surface area contributed by atoms with Gasteiger partial charge in [0, 0.05) is 11.8 Å². The molecule has 0 rings (SSSR count). The van der Waals surface area contributed by atoms with Crippen molar-refractivity contribution in [1.82, 2.24) is 0 Å². The number of rotatable bonds is 22. The third-order valence-electron chi connectivity index (χ3n) is 5.62. The summed E-state index contributed by atoms with van der Waals surface area (Å²) in [5, 5.41) is 0. The Morgan fingerprint density at radius 3 is 1.34 bits per heavy atom. The van der Waals surface area contributed by atoms with Gasteiger partial charge in [-0.15, -0.1) is 0 Å². The molecule has 0 radical (unpaired) electrons. The third kappa shape index (κ3) is 16.7. The molecule has 0 N–H and O–H groups in total. The molecule has 192 valence electrons. The molecule has 4 atom stereocenters. The Morgan fingerprint density at radius 2 is 1.00 bits per heavy atom. The molecule has 7 nitrogen and oxygen atoms in total. The van der Waals surface area contributed by atoms with Crippen LogP contribution < -0.4 is 0 Å². The van der Waals surface area contributed by atoms with Gasteiger partial charge in [-0.2, -0.15) is 0 Å². The molecule has 0 aliphatic carbocycles. The van der Waals surface area contributed by atoms with Crippen molar-refractivity contribution in [3.63, 3.8) is 0 Å². The molecule has 32 heavy (non-hydrogen) atoms. The average molecular weight is 463 g/mol. The Morgan fingerprint density at radius 1 is 0.625 bits per heavy atom. The Kier molecular flexibility index (Phi) is 21.3. The first kappa shape index (κ1) is 31.1. The minimum absolute atomic E-state index is 0.0641. The van der Waals surface area contributed by atoms with E-state index in [1.165, 1.54) is 0 Å². The highest BCUT2D eigenvalue weighted by Crippen LogP contribution is 2.19. The van der Waals surface area contributed by atoms with Crippen molar-refractivity contribution in [2.75, 3.05) is 26.4 Å². The van der Waals surface area contributed by atoms with Crippen molar-refractivity contribution < 1.29 is 33.8 Å². The van der Waals surface area contributed by atoms with E-state index in [-0.39, 0.29) is 37.3 Å². The molecule has 0 amide bonds. The summed E-state index contributed by atoms with van der Waals surface area (Å²) in [5.74, 6) is 0.128. The molecule has 0 bridgehead atoms. The Labute approximate surface area is 196 Å². The van der Waals surface area contributed by atoms with Gasteiger partial charge in [0.1, 0.15) is 13.2 Å². The number of ether oxygens (including phenoxy) is 2. The first-order valence-electron chi connectivity index (χ1n) is 12.9. The van der Waals surface area contributed by atoms with E-state index in [1.54, 1.807) is 0 Å². The lowest BCUT2D eigenvalue weighted by atomic mass is 9.98. The smallest absolute Gasteiger partial charge is 0.434 e. The maximum atomic E-state index is 12.3. The van der Waals surface area contributed by atoms with Gasteiger partial charge in [-0.25, -0.2) is 24.3 Å². The maximum Gasteiger partial charge on any atom is 0.508 e. The van der Waals surface area contributed by atoms with Gasteiger partial charge in [-0.1, -0.05) is 66.2 Å². The van der Waals surface area contributed by atoms with E-state index in [9.17, 15) is 4.79 Å². The van der Waals surface area contributed by atoms with E-state index in [0.29, 0.717) is 13.2 Å². The largest absolute Gasteiger partial charge is 0.508 e. The Hall–Kier alpha value is -0.890. The molecule has 0 aliphatic rings. The summed E-state index contributed by atoms with van der Waals surface area (Å²) in [6.07, 6.45) is 9.10. The van der Waals surface area contributed by atoms with E-state index >= 15 is 0 Å². The summed E-state index contributed by atoms with van der Waals surface area (Å²) < 4.78 is 10.9. The van der Waals surface area contributed by atoms with Crippen LogP contribution in [0, 0.1) is 11.8 Å². The van der Waals surface area contributed by atoms with Gasteiger partial charge >= 0.3 is 6.16 Å². The molecule has 0 aromatic carbocycles. The molecule has 0 fully saturated rings. The van der Waals surface area contributed by atoms with Crippen molar-refractivity contribution in [3.8, 4) is 0 Å².